The fourth-order valence-electron chi connectivity index (χ4n) is 10.3. The predicted octanol–water partition coefficient (Wildman–Crippen LogP) is 25.5. The molecule has 0 rings (SSSR count). The molecule has 0 saturated heterocycles. The Kier molecular flexibility index (Phi) is 73.0. The number of phosphoric ester groups is 1. The highest BCUT2D eigenvalue weighted by Gasteiger charge is 2.26. The van der Waals surface area contributed by atoms with Gasteiger partial charge in [0, 0.05) is 19.4 Å². The standard InChI is InChI=1S/C83H140NO8P/c1-3-5-7-9-11-13-15-17-19-21-23-25-27-29-31-33-35-37-39-40-42-43-45-47-49-51-53-55-57-59-61-63-65-67-69-71-73-75-82(85)89-79-81(80-91-93(87,88)90-78-77-84)92-83(86)76-74-72-70-68-66-64-62-60-58-56-54-52-50-48-46-44-41-38-36-34-32-30-28-26-24-22-20-18-16-14-12-10-8-6-4-2/h6,8,12,14-15,17-18,20-21,23-24,26-27,29-30,32,36,38,44,46,50,52,56,58,62,64,81H,3-5,7,9-11,13,16,19,22,25,28,31,33-35,37,39-43,45,47-49,51,53-55,57,59-61,63,65-80,84H2,1-2H3,(H,87,88)/b8-6-,14-12-,17-15-,20-18-,23-21-,26-24-,29-27-,32-30-,38-36-,46-44-,52-50-,58-56-,64-62-. The van der Waals surface area contributed by atoms with Gasteiger partial charge in [-0.05, 0) is 128 Å². The zero-order valence-corrected chi connectivity index (χ0v) is 60.6. The van der Waals surface area contributed by atoms with Crippen molar-refractivity contribution in [3.8, 4) is 0 Å². The van der Waals surface area contributed by atoms with Crippen LogP contribution in [0.5, 0.6) is 0 Å². The SMILES string of the molecule is CC/C=C\C/C=C\C/C=C\C/C=C\C/C=C\C/C=C\C/C=C\C/C=C\C/C=C\C/C=C\CCCCCCC(=O)OC(COC(=O)CCCCCCCCCCCCCCCCCCCCCCCC/C=C\C/C=C\C/C=C\CCCCCCC)COP(=O)(O)OCCN. The van der Waals surface area contributed by atoms with Gasteiger partial charge in [0.2, 0.25) is 0 Å². The van der Waals surface area contributed by atoms with Crippen LogP contribution in [-0.4, -0.2) is 49.3 Å². The molecule has 2 unspecified atom stereocenters. The summed E-state index contributed by atoms with van der Waals surface area (Å²) in [5, 5.41) is 0. The fraction of sp³-hybridized carbons (Fsp3) is 0.663. The zero-order chi connectivity index (χ0) is 67.2. The topological polar surface area (TPSA) is 134 Å². The lowest BCUT2D eigenvalue weighted by Crippen LogP contribution is -2.29. The summed E-state index contributed by atoms with van der Waals surface area (Å²) in [7, 11) is -4.41. The molecule has 0 aliphatic heterocycles. The number of phosphoric acid groups is 1. The lowest BCUT2D eigenvalue weighted by molar-refractivity contribution is -0.161. The zero-order valence-electron chi connectivity index (χ0n) is 59.7. The Labute approximate surface area is 572 Å². The van der Waals surface area contributed by atoms with Gasteiger partial charge in [-0.25, -0.2) is 4.57 Å². The second kappa shape index (κ2) is 76.6. The van der Waals surface area contributed by atoms with Crippen LogP contribution in [0, 0.1) is 0 Å². The molecule has 0 aliphatic carbocycles. The van der Waals surface area contributed by atoms with Crippen LogP contribution in [-0.2, 0) is 32.7 Å². The van der Waals surface area contributed by atoms with Crippen molar-refractivity contribution in [3.05, 3.63) is 158 Å². The van der Waals surface area contributed by atoms with Gasteiger partial charge in [-0.2, -0.15) is 0 Å². The van der Waals surface area contributed by atoms with E-state index in [1.807, 2.05) is 0 Å². The third-order valence-electron chi connectivity index (χ3n) is 15.9. The first-order chi connectivity index (χ1) is 45.8. The number of hydrogen-bond donors (Lipinski definition) is 2. The molecule has 0 aliphatic rings. The lowest BCUT2D eigenvalue weighted by atomic mass is 10.0. The third kappa shape index (κ3) is 76.5. The van der Waals surface area contributed by atoms with E-state index in [-0.39, 0.29) is 38.6 Å². The molecule has 0 bridgehead atoms. The van der Waals surface area contributed by atoms with Gasteiger partial charge in [0.05, 0.1) is 13.2 Å². The molecule has 0 radical (unpaired) electrons. The highest BCUT2D eigenvalue weighted by molar-refractivity contribution is 7.47. The van der Waals surface area contributed by atoms with Gasteiger partial charge in [-0.3, -0.25) is 18.6 Å². The molecule has 0 aromatic heterocycles. The molecule has 9 nitrogen and oxygen atoms in total. The third-order valence-corrected chi connectivity index (χ3v) is 16.9. The van der Waals surface area contributed by atoms with Gasteiger partial charge >= 0.3 is 19.8 Å². The summed E-state index contributed by atoms with van der Waals surface area (Å²) in [5.74, 6) is -0.857. The van der Waals surface area contributed by atoms with E-state index in [4.69, 9.17) is 24.3 Å². The van der Waals surface area contributed by atoms with Crippen LogP contribution < -0.4 is 5.73 Å². The van der Waals surface area contributed by atoms with Crippen molar-refractivity contribution >= 4 is 19.8 Å². The second-order valence-corrected chi connectivity index (χ2v) is 26.2. The van der Waals surface area contributed by atoms with Crippen LogP contribution in [0.25, 0.3) is 0 Å². The molecule has 0 aromatic carbocycles. The van der Waals surface area contributed by atoms with Crippen LogP contribution >= 0.6 is 7.82 Å². The molecule has 10 heteroatoms. The number of hydrogen-bond acceptors (Lipinski definition) is 8. The molecule has 530 valence electrons. The number of unbranched alkanes of at least 4 members (excludes halogenated alkanes) is 31. The first-order valence-corrected chi connectivity index (χ1v) is 39.5. The highest BCUT2D eigenvalue weighted by Crippen LogP contribution is 2.43. The second-order valence-electron chi connectivity index (χ2n) is 24.8. The maximum absolute atomic E-state index is 12.8. The molecule has 0 amide bonds. The van der Waals surface area contributed by atoms with Crippen molar-refractivity contribution in [1.82, 2.24) is 0 Å². The van der Waals surface area contributed by atoms with Gasteiger partial charge in [0.15, 0.2) is 6.10 Å². The number of esters is 2. The summed E-state index contributed by atoms with van der Waals surface area (Å²) in [6.07, 6.45) is 112. The monoisotopic (exact) mass is 1310 g/mol. The summed E-state index contributed by atoms with van der Waals surface area (Å²) < 4.78 is 33.2. The quantitative estimate of drug-likeness (QED) is 0.0264. The van der Waals surface area contributed by atoms with Crippen molar-refractivity contribution in [1.29, 1.82) is 0 Å². The molecule has 3 N–H and O–H groups in total. The summed E-state index contributed by atoms with van der Waals surface area (Å²) in [5.41, 5.74) is 5.41. The van der Waals surface area contributed by atoms with Crippen LogP contribution in [0.15, 0.2) is 158 Å². The van der Waals surface area contributed by atoms with Crippen LogP contribution in [0.1, 0.15) is 322 Å². The lowest BCUT2D eigenvalue weighted by Gasteiger charge is -2.19. The Morgan fingerprint density at radius 3 is 0.882 bits per heavy atom. The number of nitrogens with two attached hydrogens (primary N) is 1. The molecule has 0 heterocycles. The van der Waals surface area contributed by atoms with Crippen molar-refractivity contribution in [2.75, 3.05) is 26.4 Å². The van der Waals surface area contributed by atoms with E-state index in [0.717, 1.165) is 122 Å². The van der Waals surface area contributed by atoms with E-state index in [2.05, 4.69) is 172 Å². The molecule has 93 heavy (non-hydrogen) atoms. The maximum Gasteiger partial charge on any atom is 0.472 e. The average Bonchev–Trinajstić information content (AvgIpc) is 3.70. The first kappa shape index (κ1) is 88.6. The molecule has 0 aromatic rings. The number of allylic oxidation sites excluding steroid dienone is 26. The van der Waals surface area contributed by atoms with Crippen molar-refractivity contribution in [2.24, 2.45) is 5.73 Å². The Morgan fingerprint density at radius 1 is 0.333 bits per heavy atom. The Balaban J connectivity index is 3.93. The summed E-state index contributed by atoms with van der Waals surface area (Å²) >= 11 is 0. The molecule has 0 spiro atoms. The van der Waals surface area contributed by atoms with E-state index in [0.29, 0.717) is 6.42 Å². The average molecular weight is 1310 g/mol. The largest absolute Gasteiger partial charge is 0.472 e. The minimum Gasteiger partial charge on any atom is -0.462 e. The van der Waals surface area contributed by atoms with Crippen LogP contribution in [0.2, 0.25) is 0 Å². The van der Waals surface area contributed by atoms with Crippen molar-refractivity contribution in [2.45, 2.75) is 328 Å². The van der Waals surface area contributed by atoms with Crippen molar-refractivity contribution < 1.29 is 37.6 Å². The Morgan fingerprint density at radius 2 is 0.591 bits per heavy atom. The predicted molar refractivity (Wildman–Crippen MR) is 403 cm³/mol. The van der Waals surface area contributed by atoms with E-state index >= 15 is 0 Å². The smallest absolute Gasteiger partial charge is 0.462 e. The molecule has 0 fully saturated rings. The molecular weight excluding hydrogens is 1170 g/mol. The van der Waals surface area contributed by atoms with Gasteiger partial charge in [-0.1, -0.05) is 339 Å². The number of carbonyl (C=O) groups is 2. The minimum absolute atomic E-state index is 0.0422. The molecule has 2 atom stereocenters. The van der Waals surface area contributed by atoms with Gasteiger partial charge in [0.25, 0.3) is 0 Å². The van der Waals surface area contributed by atoms with Gasteiger partial charge in [0.1, 0.15) is 6.61 Å². The molecule has 0 saturated carbocycles. The number of ether oxygens (including phenoxy) is 2. The Hall–Kier alpha value is -4.37. The van der Waals surface area contributed by atoms with Gasteiger partial charge < -0.3 is 20.1 Å². The summed E-state index contributed by atoms with van der Waals surface area (Å²) in [6, 6.07) is 0. The normalized spacial score (nSPS) is 13.8. The van der Waals surface area contributed by atoms with E-state index < -0.39 is 26.5 Å². The van der Waals surface area contributed by atoms with Crippen molar-refractivity contribution in [3.63, 3.8) is 0 Å². The van der Waals surface area contributed by atoms with E-state index in [9.17, 15) is 19.0 Å². The summed E-state index contributed by atoms with van der Waals surface area (Å²) in [4.78, 5) is 35.4. The van der Waals surface area contributed by atoms with E-state index in [1.54, 1.807) is 0 Å². The fourth-order valence-corrected chi connectivity index (χ4v) is 11.1. The highest BCUT2D eigenvalue weighted by atomic mass is 31.2. The van der Waals surface area contributed by atoms with E-state index in [1.165, 1.54) is 167 Å². The minimum atomic E-state index is -4.41. The number of carbonyl (C=O) groups excluding carboxylic acids is 2. The summed E-state index contributed by atoms with van der Waals surface area (Å²) in [6.45, 7) is 3.60. The Bertz CT molecular complexity index is 2090. The van der Waals surface area contributed by atoms with Crippen LogP contribution in [0.3, 0.4) is 0 Å². The van der Waals surface area contributed by atoms with Gasteiger partial charge in [-0.15, -0.1) is 0 Å². The maximum atomic E-state index is 12.8. The number of rotatable bonds is 70. The molecular formula is C83H140NO8P. The van der Waals surface area contributed by atoms with Crippen LogP contribution in [0.4, 0.5) is 0 Å². The first-order valence-electron chi connectivity index (χ1n) is 38.0.